The van der Waals surface area contributed by atoms with Crippen LogP contribution in [0.1, 0.15) is 33.1 Å². The van der Waals surface area contributed by atoms with Crippen molar-refractivity contribution in [2.45, 2.75) is 12.6 Å². The second-order valence-corrected chi connectivity index (χ2v) is 7.97. The minimum Gasteiger partial charge on any atom is -0.323 e. The van der Waals surface area contributed by atoms with E-state index in [1.165, 1.54) is 0 Å². The fraction of sp³-hybridized carbons (Fsp3) is 0.0952. The third kappa shape index (κ3) is 3.16. The van der Waals surface area contributed by atoms with Crippen LogP contribution in [-0.4, -0.2) is 10.8 Å². The van der Waals surface area contributed by atoms with Gasteiger partial charge in [0.25, 0.3) is 5.91 Å². The molecule has 0 N–H and O–H groups in total. The van der Waals surface area contributed by atoms with Gasteiger partial charge in [0.15, 0.2) is 0 Å². The molecule has 26 heavy (non-hydrogen) atoms. The standard InChI is InChI=1S/C21H14BrCl2NO/c22-15-8-4-13(5-9-15)12-25-20(14-6-10-16(23)11-7-14)19-17(21(25)26)2-1-3-18(19)24/h1-11,20H,12H2. The van der Waals surface area contributed by atoms with E-state index in [1.54, 1.807) is 0 Å². The number of amides is 1. The average Bonchev–Trinajstić information content (AvgIpc) is 2.92. The summed E-state index contributed by atoms with van der Waals surface area (Å²) in [7, 11) is 0. The molecule has 0 aliphatic carbocycles. The van der Waals surface area contributed by atoms with Crippen molar-refractivity contribution in [1.29, 1.82) is 0 Å². The minimum absolute atomic E-state index is 0.00892. The van der Waals surface area contributed by atoms with E-state index < -0.39 is 0 Å². The molecule has 1 aliphatic rings. The number of halogens is 3. The summed E-state index contributed by atoms with van der Waals surface area (Å²) in [5.74, 6) is -0.00892. The first-order chi connectivity index (χ1) is 12.5. The van der Waals surface area contributed by atoms with Gasteiger partial charge in [-0.3, -0.25) is 4.79 Å². The highest BCUT2D eigenvalue weighted by Gasteiger charge is 2.39. The lowest BCUT2D eigenvalue weighted by Gasteiger charge is -2.26. The predicted octanol–water partition coefficient (Wildman–Crippen LogP) is 6.50. The third-order valence-electron chi connectivity index (χ3n) is 4.58. The van der Waals surface area contributed by atoms with Gasteiger partial charge in [-0.15, -0.1) is 0 Å². The summed E-state index contributed by atoms with van der Waals surface area (Å²) >= 11 is 16.0. The molecule has 0 fully saturated rings. The van der Waals surface area contributed by atoms with Crippen molar-refractivity contribution in [2.75, 3.05) is 0 Å². The van der Waals surface area contributed by atoms with Gasteiger partial charge >= 0.3 is 0 Å². The molecule has 130 valence electrons. The summed E-state index contributed by atoms with van der Waals surface area (Å²) in [6.45, 7) is 0.504. The van der Waals surface area contributed by atoms with Crippen LogP contribution in [0.4, 0.5) is 0 Å². The van der Waals surface area contributed by atoms with Crippen LogP contribution in [0.5, 0.6) is 0 Å². The Bertz CT molecular complexity index is 970. The summed E-state index contributed by atoms with van der Waals surface area (Å²) in [5, 5.41) is 1.27. The van der Waals surface area contributed by atoms with Crippen molar-refractivity contribution in [1.82, 2.24) is 4.90 Å². The van der Waals surface area contributed by atoms with Crippen molar-refractivity contribution >= 4 is 45.0 Å². The summed E-state index contributed by atoms with van der Waals surface area (Å²) in [4.78, 5) is 15.0. The highest BCUT2D eigenvalue weighted by atomic mass is 79.9. The van der Waals surface area contributed by atoms with Gasteiger partial charge in [-0.05, 0) is 47.5 Å². The number of fused-ring (bicyclic) bond motifs is 1. The average molecular weight is 447 g/mol. The van der Waals surface area contributed by atoms with Gasteiger partial charge in [-0.25, -0.2) is 0 Å². The second-order valence-electron chi connectivity index (χ2n) is 6.21. The van der Waals surface area contributed by atoms with Gasteiger partial charge in [0.1, 0.15) is 0 Å². The van der Waals surface area contributed by atoms with Crippen LogP contribution < -0.4 is 0 Å². The van der Waals surface area contributed by atoms with Crippen LogP contribution in [0.3, 0.4) is 0 Å². The number of rotatable bonds is 3. The van der Waals surface area contributed by atoms with Crippen molar-refractivity contribution in [3.63, 3.8) is 0 Å². The molecule has 1 atom stereocenters. The zero-order valence-corrected chi connectivity index (χ0v) is 16.7. The first kappa shape index (κ1) is 17.6. The largest absolute Gasteiger partial charge is 0.323 e. The molecule has 1 aliphatic heterocycles. The summed E-state index contributed by atoms with van der Waals surface area (Å²) < 4.78 is 1.01. The van der Waals surface area contributed by atoms with Crippen LogP contribution in [0.15, 0.2) is 71.2 Å². The van der Waals surface area contributed by atoms with Gasteiger partial charge in [0.05, 0.1) is 6.04 Å². The summed E-state index contributed by atoms with van der Waals surface area (Å²) in [6, 6.07) is 20.8. The lowest BCUT2D eigenvalue weighted by Crippen LogP contribution is -2.28. The normalized spacial score (nSPS) is 16.0. The lowest BCUT2D eigenvalue weighted by molar-refractivity contribution is 0.0736. The Morgan fingerprint density at radius 2 is 1.62 bits per heavy atom. The van der Waals surface area contributed by atoms with Crippen molar-refractivity contribution < 1.29 is 4.79 Å². The van der Waals surface area contributed by atoms with Gasteiger partial charge in [0, 0.05) is 32.2 Å². The van der Waals surface area contributed by atoms with E-state index in [0.717, 1.165) is 21.2 Å². The van der Waals surface area contributed by atoms with E-state index in [-0.39, 0.29) is 11.9 Å². The lowest BCUT2D eigenvalue weighted by atomic mass is 9.97. The first-order valence-corrected chi connectivity index (χ1v) is 9.69. The molecule has 0 saturated heterocycles. The molecular weight excluding hydrogens is 433 g/mol. The highest BCUT2D eigenvalue weighted by molar-refractivity contribution is 9.10. The number of nitrogens with zero attached hydrogens (tertiary/aromatic N) is 1. The zero-order chi connectivity index (χ0) is 18.3. The zero-order valence-electron chi connectivity index (χ0n) is 13.6. The Labute approximate surface area is 170 Å². The van der Waals surface area contributed by atoms with Crippen LogP contribution in [0.2, 0.25) is 10.0 Å². The monoisotopic (exact) mass is 445 g/mol. The predicted molar refractivity (Wildman–Crippen MR) is 109 cm³/mol. The smallest absolute Gasteiger partial charge is 0.255 e. The maximum atomic E-state index is 13.1. The Morgan fingerprint density at radius 1 is 0.923 bits per heavy atom. The maximum absolute atomic E-state index is 13.1. The second kappa shape index (κ2) is 7.07. The summed E-state index contributed by atoms with van der Waals surface area (Å²) in [5.41, 5.74) is 3.57. The number of carbonyl (C=O) groups excluding carboxylic acids is 1. The SMILES string of the molecule is O=C1c2cccc(Cl)c2C(c2ccc(Cl)cc2)N1Cc1ccc(Br)cc1. The van der Waals surface area contributed by atoms with Crippen molar-refractivity contribution in [2.24, 2.45) is 0 Å². The Kier molecular flexibility index (Phi) is 4.78. The Morgan fingerprint density at radius 3 is 2.31 bits per heavy atom. The van der Waals surface area contributed by atoms with Crippen molar-refractivity contribution in [3.8, 4) is 0 Å². The molecule has 1 unspecified atom stereocenters. The molecule has 1 amide bonds. The van der Waals surface area contributed by atoms with Crippen molar-refractivity contribution in [3.05, 3.63) is 104 Å². The number of hydrogen-bond acceptors (Lipinski definition) is 1. The van der Waals surface area contributed by atoms with Gasteiger partial charge in [-0.2, -0.15) is 0 Å². The minimum atomic E-state index is -0.230. The van der Waals surface area contributed by atoms with Gasteiger partial charge in [-0.1, -0.05) is 69.5 Å². The molecule has 5 heteroatoms. The molecule has 0 aromatic heterocycles. The maximum Gasteiger partial charge on any atom is 0.255 e. The highest BCUT2D eigenvalue weighted by Crippen LogP contribution is 2.43. The molecule has 2 nitrogen and oxygen atoms in total. The van der Waals surface area contributed by atoms with E-state index in [0.29, 0.717) is 22.2 Å². The van der Waals surface area contributed by atoms with E-state index in [4.69, 9.17) is 23.2 Å². The van der Waals surface area contributed by atoms with Crippen LogP contribution in [-0.2, 0) is 6.54 Å². The molecule has 0 radical (unpaired) electrons. The van der Waals surface area contributed by atoms with Crippen LogP contribution in [0, 0.1) is 0 Å². The fourth-order valence-electron chi connectivity index (χ4n) is 3.37. The van der Waals surface area contributed by atoms with E-state index >= 15 is 0 Å². The molecule has 1 heterocycles. The summed E-state index contributed by atoms with van der Waals surface area (Å²) in [6.07, 6.45) is 0. The molecule has 3 aromatic rings. The third-order valence-corrected chi connectivity index (χ3v) is 5.69. The molecular formula is C21H14BrCl2NO. The van der Waals surface area contributed by atoms with Gasteiger partial charge in [0.2, 0.25) is 0 Å². The molecule has 3 aromatic carbocycles. The molecule has 0 spiro atoms. The van der Waals surface area contributed by atoms with E-state index in [9.17, 15) is 4.79 Å². The van der Waals surface area contributed by atoms with E-state index in [2.05, 4.69) is 15.9 Å². The molecule has 4 rings (SSSR count). The number of carbonyl (C=O) groups is 1. The van der Waals surface area contributed by atoms with Gasteiger partial charge < -0.3 is 4.90 Å². The Balaban J connectivity index is 1.80. The van der Waals surface area contributed by atoms with E-state index in [1.807, 2.05) is 71.6 Å². The fourth-order valence-corrected chi connectivity index (χ4v) is 4.04. The van der Waals surface area contributed by atoms with Crippen LogP contribution >= 0.6 is 39.1 Å². The van der Waals surface area contributed by atoms with Crippen LogP contribution in [0.25, 0.3) is 0 Å². The molecule has 0 saturated carbocycles. The molecule has 0 bridgehead atoms. The quantitative estimate of drug-likeness (QED) is 0.449. The Hall–Kier alpha value is -1.81. The number of benzene rings is 3. The first-order valence-electron chi connectivity index (χ1n) is 8.14. The number of hydrogen-bond donors (Lipinski definition) is 0. The topological polar surface area (TPSA) is 20.3 Å².